The Morgan fingerprint density at radius 1 is 1.10 bits per heavy atom. The number of hydrogen-bond acceptors (Lipinski definition) is 5. The number of carbonyl (C=O) groups is 2. The van der Waals surface area contributed by atoms with Crippen molar-refractivity contribution in [2.45, 2.75) is 45.1 Å². The van der Waals surface area contributed by atoms with Gasteiger partial charge in [0.05, 0.1) is 12.0 Å². The summed E-state index contributed by atoms with van der Waals surface area (Å²) in [6.07, 6.45) is 4.94. The summed E-state index contributed by atoms with van der Waals surface area (Å²) in [5, 5.41) is 2.96. The highest BCUT2D eigenvalue weighted by atomic mass is 32.1. The Kier molecular flexibility index (Phi) is 6.65. The number of nitrogens with zero attached hydrogens (tertiary/aromatic N) is 1. The van der Waals surface area contributed by atoms with Gasteiger partial charge in [-0.3, -0.25) is 10.2 Å². The molecule has 0 bridgehead atoms. The fourth-order valence-corrected chi connectivity index (χ4v) is 5.39. The molecule has 1 fully saturated rings. The third-order valence-electron chi connectivity index (χ3n) is 6.11. The topological polar surface area (TPSA) is 82.7 Å². The third kappa shape index (κ3) is 5.31. The molecule has 1 atom stereocenters. The number of benzene rings is 1. The van der Waals surface area contributed by atoms with Crippen LogP contribution in [0.25, 0.3) is 0 Å². The molecule has 31 heavy (non-hydrogen) atoms. The normalized spacial score (nSPS) is 18.8. The highest BCUT2D eigenvalue weighted by molar-refractivity contribution is 7.14. The van der Waals surface area contributed by atoms with Crippen molar-refractivity contribution in [1.29, 1.82) is 0 Å². The standard InChI is InChI=1S/C23H30N4O3S/c1-15-3-8-20-16(13-15)14-21(31-20)22(28)25-26-23(29)24-17-9-11-27(12-10-17)18-4-6-19(30-2)7-5-18/h4-7,14-15,17H,3,8-13H2,1-2H3,(H,25,28)(H2,24,26,29). The van der Waals surface area contributed by atoms with Crippen molar-refractivity contribution in [1.82, 2.24) is 16.2 Å². The lowest BCUT2D eigenvalue weighted by atomic mass is 9.90. The monoisotopic (exact) mass is 442 g/mol. The number of urea groups is 1. The summed E-state index contributed by atoms with van der Waals surface area (Å²) in [5.74, 6) is 1.26. The van der Waals surface area contributed by atoms with Gasteiger partial charge in [0.2, 0.25) is 0 Å². The molecule has 166 valence electrons. The molecule has 2 heterocycles. The average Bonchev–Trinajstić information content (AvgIpc) is 3.21. The first-order valence-corrected chi connectivity index (χ1v) is 11.7. The van der Waals surface area contributed by atoms with Crippen LogP contribution in [0.1, 0.15) is 46.3 Å². The molecule has 3 N–H and O–H groups in total. The number of rotatable bonds is 4. The summed E-state index contributed by atoms with van der Waals surface area (Å²) in [7, 11) is 1.66. The van der Waals surface area contributed by atoms with E-state index in [-0.39, 0.29) is 18.0 Å². The summed E-state index contributed by atoms with van der Waals surface area (Å²) < 4.78 is 5.21. The van der Waals surface area contributed by atoms with Gasteiger partial charge in [0.25, 0.3) is 5.91 Å². The van der Waals surface area contributed by atoms with Gasteiger partial charge >= 0.3 is 6.03 Å². The Morgan fingerprint density at radius 2 is 1.84 bits per heavy atom. The molecule has 1 saturated heterocycles. The van der Waals surface area contributed by atoms with E-state index in [0.717, 1.165) is 50.2 Å². The summed E-state index contributed by atoms with van der Waals surface area (Å²) in [5.41, 5.74) is 7.48. The van der Waals surface area contributed by atoms with Crippen LogP contribution in [0.4, 0.5) is 10.5 Å². The first kappa shape index (κ1) is 21.5. The van der Waals surface area contributed by atoms with Crippen molar-refractivity contribution < 1.29 is 14.3 Å². The van der Waals surface area contributed by atoms with Gasteiger partial charge in [-0.2, -0.15) is 0 Å². The first-order chi connectivity index (χ1) is 15.0. The van der Waals surface area contributed by atoms with Crippen LogP contribution in [0.5, 0.6) is 5.75 Å². The maximum Gasteiger partial charge on any atom is 0.333 e. The van der Waals surface area contributed by atoms with E-state index in [1.54, 1.807) is 7.11 Å². The molecule has 4 rings (SSSR count). The molecule has 2 aromatic rings. The van der Waals surface area contributed by atoms with Gasteiger partial charge in [-0.05, 0) is 73.9 Å². The maximum absolute atomic E-state index is 12.4. The summed E-state index contributed by atoms with van der Waals surface area (Å²) in [4.78, 5) is 28.9. The number of carbonyl (C=O) groups excluding carboxylic acids is 2. The van der Waals surface area contributed by atoms with Gasteiger partial charge < -0.3 is 15.0 Å². The molecule has 8 heteroatoms. The van der Waals surface area contributed by atoms with Crippen molar-refractivity contribution in [2.24, 2.45) is 5.92 Å². The molecule has 1 unspecified atom stereocenters. The zero-order valence-corrected chi connectivity index (χ0v) is 18.9. The first-order valence-electron chi connectivity index (χ1n) is 10.9. The van der Waals surface area contributed by atoms with E-state index >= 15 is 0 Å². The highest BCUT2D eigenvalue weighted by Crippen LogP contribution is 2.32. The Hall–Kier alpha value is -2.74. The lowest BCUT2D eigenvalue weighted by molar-refractivity contribution is 0.0939. The van der Waals surface area contributed by atoms with Crippen LogP contribution in [-0.4, -0.2) is 38.2 Å². The maximum atomic E-state index is 12.4. The van der Waals surface area contributed by atoms with E-state index in [2.05, 4.69) is 40.1 Å². The van der Waals surface area contributed by atoms with Crippen LogP contribution in [-0.2, 0) is 12.8 Å². The molecule has 1 aliphatic carbocycles. The molecule has 1 aromatic carbocycles. The third-order valence-corrected chi connectivity index (χ3v) is 7.35. The fraction of sp³-hybridized carbons (Fsp3) is 0.478. The van der Waals surface area contributed by atoms with E-state index in [4.69, 9.17) is 4.74 Å². The Bertz CT molecular complexity index is 919. The number of ether oxygens (including phenoxy) is 1. The number of amides is 3. The second-order valence-corrected chi connectivity index (χ2v) is 9.56. The van der Waals surface area contributed by atoms with Gasteiger partial charge in [0, 0.05) is 29.7 Å². The Balaban J connectivity index is 1.20. The molecular formula is C23H30N4O3S. The molecule has 0 spiro atoms. The number of nitrogens with one attached hydrogen (secondary N) is 3. The SMILES string of the molecule is COc1ccc(N2CCC(NC(=O)NNC(=O)c3cc4c(s3)CCC(C)C4)CC2)cc1. The van der Waals surface area contributed by atoms with Crippen molar-refractivity contribution in [2.75, 3.05) is 25.1 Å². The van der Waals surface area contributed by atoms with Crippen LogP contribution in [0, 0.1) is 5.92 Å². The van der Waals surface area contributed by atoms with Gasteiger partial charge in [-0.25, -0.2) is 10.2 Å². The lowest BCUT2D eigenvalue weighted by Gasteiger charge is -2.34. The van der Waals surface area contributed by atoms with E-state index in [0.29, 0.717) is 10.8 Å². The Morgan fingerprint density at radius 3 is 2.55 bits per heavy atom. The smallest absolute Gasteiger partial charge is 0.333 e. The van der Waals surface area contributed by atoms with Crippen molar-refractivity contribution >= 4 is 29.0 Å². The second kappa shape index (κ2) is 9.60. The van der Waals surface area contributed by atoms with Crippen molar-refractivity contribution in [3.63, 3.8) is 0 Å². The molecule has 7 nitrogen and oxygen atoms in total. The van der Waals surface area contributed by atoms with Gasteiger partial charge in [0.15, 0.2) is 0 Å². The second-order valence-electron chi connectivity index (χ2n) is 8.42. The number of anilines is 1. The van der Waals surface area contributed by atoms with E-state index in [9.17, 15) is 9.59 Å². The van der Waals surface area contributed by atoms with Crippen LogP contribution in [0.3, 0.4) is 0 Å². The number of hydrazine groups is 1. The zero-order chi connectivity index (χ0) is 21.8. The van der Waals surface area contributed by atoms with E-state index in [1.807, 2.05) is 18.2 Å². The minimum atomic E-state index is -0.369. The van der Waals surface area contributed by atoms with Crippen molar-refractivity contribution in [3.05, 3.63) is 45.6 Å². The van der Waals surface area contributed by atoms with Crippen LogP contribution in [0.2, 0.25) is 0 Å². The molecule has 1 aromatic heterocycles. The predicted molar refractivity (Wildman–Crippen MR) is 123 cm³/mol. The Labute approximate surface area is 187 Å². The molecule has 2 aliphatic rings. The average molecular weight is 443 g/mol. The minimum absolute atomic E-state index is 0.0851. The largest absolute Gasteiger partial charge is 0.497 e. The predicted octanol–water partition coefficient (Wildman–Crippen LogP) is 3.49. The van der Waals surface area contributed by atoms with Crippen LogP contribution >= 0.6 is 11.3 Å². The number of fused-ring (bicyclic) bond motifs is 1. The fourth-order valence-electron chi connectivity index (χ4n) is 4.29. The minimum Gasteiger partial charge on any atom is -0.497 e. The van der Waals surface area contributed by atoms with Crippen LogP contribution < -0.4 is 25.8 Å². The molecule has 0 saturated carbocycles. The summed E-state index contributed by atoms with van der Waals surface area (Å²) in [6, 6.07) is 9.71. The number of aryl methyl sites for hydroxylation is 1. The number of hydrogen-bond donors (Lipinski definition) is 3. The summed E-state index contributed by atoms with van der Waals surface area (Å²) in [6.45, 7) is 3.97. The number of piperidine rings is 1. The number of methoxy groups -OCH3 is 1. The van der Waals surface area contributed by atoms with Gasteiger partial charge in [0.1, 0.15) is 5.75 Å². The quantitative estimate of drug-likeness (QED) is 0.633. The highest BCUT2D eigenvalue weighted by Gasteiger charge is 2.23. The molecule has 0 radical (unpaired) electrons. The molecular weight excluding hydrogens is 412 g/mol. The number of thiophene rings is 1. The van der Waals surface area contributed by atoms with Crippen LogP contribution in [0.15, 0.2) is 30.3 Å². The van der Waals surface area contributed by atoms with Crippen molar-refractivity contribution in [3.8, 4) is 5.75 Å². The van der Waals surface area contributed by atoms with E-state index in [1.165, 1.54) is 28.2 Å². The lowest BCUT2D eigenvalue weighted by Crippen LogP contribution is -2.52. The van der Waals surface area contributed by atoms with Gasteiger partial charge in [-0.1, -0.05) is 6.92 Å². The van der Waals surface area contributed by atoms with Gasteiger partial charge in [-0.15, -0.1) is 11.3 Å². The molecule has 3 amide bonds. The summed E-state index contributed by atoms with van der Waals surface area (Å²) >= 11 is 1.54. The molecule has 1 aliphatic heterocycles. The zero-order valence-electron chi connectivity index (χ0n) is 18.1. The van der Waals surface area contributed by atoms with E-state index < -0.39 is 0 Å².